The van der Waals surface area contributed by atoms with E-state index >= 15 is 0 Å². The number of benzene rings is 1. The van der Waals surface area contributed by atoms with E-state index in [1.54, 1.807) is 24.3 Å². The van der Waals surface area contributed by atoms with Crippen molar-refractivity contribution in [3.8, 4) is 5.75 Å². The van der Waals surface area contributed by atoms with Gasteiger partial charge in [0.2, 0.25) is 0 Å². The van der Waals surface area contributed by atoms with E-state index < -0.39 is 12.2 Å². The normalized spacial score (nSPS) is 13.9. The Bertz CT molecular complexity index is 391. The molecular weight excluding hydrogens is 264 g/mol. The van der Waals surface area contributed by atoms with Gasteiger partial charge in [-0.25, -0.2) is 0 Å². The van der Waals surface area contributed by atoms with Crippen molar-refractivity contribution >= 4 is 16.9 Å². The average molecular weight is 284 g/mol. The van der Waals surface area contributed by atoms with Gasteiger partial charge in [0.1, 0.15) is 11.9 Å². The molecule has 0 aliphatic rings. The molecule has 1 aromatic carbocycles. The molecule has 106 valence electrons. The van der Waals surface area contributed by atoms with Gasteiger partial charge in [-0.3, -0.25) is 4.79 Å². The maximum absolute atomic E-state index is 10.8. The van der Waals surface area contributed by atoms with Gasteiger partial charge in [0, 0.05) is 12.7 Å². The molecule has 0 aliphatic carbocycles. The van der Waals surface area contributed by atoms with Crippen molar-refractivity contribution in [3.63, 3.8) is 0 Å². The quantitative estimate of drug-likeness (QED) is 0.803. The highest BCUT2D eigenvalue weighted by molar-refractivity contribution is 8.13. The first-order chi connectivity index (χ1) is 9.04. The Balaban J connectivity index is 2.56. The lowest BCUT2D eigenvalue weighted by atomic mass is 10.1. The topological polar surface area (TPSA) is 66.8 Å². The first-order valence-electron chi connectivity index (χ1n) is 6.26. The van der Waals surface area contributed by atoms with Crippen LogP contribution >= 0.6 is 11.8 Å². The van der Waals surface area contributed by atoms with E-state index in [0.29, 0.717) is 12.2 Å². The Morgan fingerprint density at radius 1 is 1.32 bits per heavy atom. The molecule has 1 aromatic rings. The van der Waals surface area contributed by atoms with Gasteiger partial charge in [-0.2, -0.15) is 0 Å². The molecule has 4 nitrogen and oxygen atoms in total. The Morgan fingerprint density at radius 2 is 1.95 bits per heavy atom. The van der Waals surface area contributed by atoms with Crippen molar-refractivity contribution in [1.82, 2.24) is 0 Å². The van der Waals surface area contributed by atoms with Crippen molar-refractivity contribution in [2.45, 2.75) is 32.5 Å². The zero-order chi connectivity index (χ0) is 14.3. The first kappa shape index (κ1) is 16.0. The lowest BCUT2D eigenvalue weighted by Gasteiger charge is -2.17. The fourth-order valence-electron chi connectivity index (χ4n) is 1.50. The van der Waals surface area contributed by atoms with E-state index in [0.717, 1.165) is 23.9 Å². The summed E-state index contributed by atoms with van der Waals surface area (Å²) in [7, 11) is 0. The van der Waals surface area contributed by atoms with Crippen molar-refractivity contribution in [3.05, 3.63) is 29.8 Å². The molecule has 0 spiro atoms. The summed E-state index contributed by atoms with van der Waals surface area (Å²) >= 11 is 1.00. The molecule has 0 bridgehead atoms. The molecule has 0 saturated carbocycles. The third-order valence-corrected chi connectivity index (χ3v) is 3.43. The standard InChI is InChI=1S/C14H20O4S/c1-3-8-18-12-6-4-11(5-7-12)14(17)13(16)9-19-10(2)15/h4-7,13-14,16-17H,3,8-9H2,1-2H3. The largest absolute Gasteiger partial charge is 0.494 e. The lowest BCUT2D eigenvalue weighted by molar-refractivity contribution is -0.109. The van der Waals surface area contributed by atoms with Gasteiger partial charge in [0.15, 0.2) is 5.12 Å². The van der Waals surface area contributed by atoms with E-state index in [-0.39, 0.29) is 10.9 Å². The second-order valence-corrected chi connectivity index (χ2v) is 5.43. The highest BCUT2D eigenvalue weighted by atomic mass is 32.2. The van der Waals surface area contributed by atoms with Crippen LogP contribution < -0.4 is 4.74 Å². The number of carbonyl (C=O) groups excluding carboxylic acids is 1. The summed E-state index contributed by atoms with van der Waals surface area (Å²) in [5.74, 6) is 0.926. The van der Waals surface area contributed by atoms with Crippen molar-refractivity contribution in [2.24, 2.45) is 0 Å². The first-order valence-corrected chi connectivity index (χ1v) is 7.25. The summed E-state index contributed by atoms with van der Waals surface area (Å²) in [6, 6.07) is 6.97. The van der Waals surface area contributed by atoms with Gasteiger partial charge in [-0.15, -0.1) is 0 Å². The molecule has 19 heavy (non-hydrogen) atoms. The minimum atomic E-state index is -0.993. The molecule has 0 fully saturated rings. The third-order valence-electron chi connectivity index (χ3n) is 2.52. The smallest absolute Gasteiger partial charge is 0.185 e. The van der Waals surface area contributed by atoms with Gasteiger partial charge in [0.05, 0.1) is 12.7 Å². The van der Waals surface area contributed by atoms with E-state index in [1.807, 2.05) is 6.92 Å². The van der Waals surface area contributed by atoms with Gasteiger partial charge < -0.3 is 14.9 Å². The molecule has 0 aromatic heterocycles. The fourth-order valence-corrected chi connectivity index (χ4v) is 2.08. The second kappa shape index (κ2) is 8.19. The van der Waals surface area contributed by atoms with Gasteiger partial charge >= 0.3 is 0 Å². The molecule has 0 radical (unpaired) electrons. The van der Waals surface area contributed by atoms with Crippen LogP contribution in [0.3, 0.4) is 0 Å². The lowest BCUT2D eigenvalue weighted by Crippen LogP contribution is -2.21. The number of aliphatic hydroxyl groups excluding tert-OH is 2. The molecule has 0 saturated heterocycles. The summed E-state index contributed by atoms with van der Waals surface area (Å²) in [4.78, 5) is 10.8. The van der Waals surface area contributed by atoms with Crippen molar-refractivity contribution < 1.29 is 19.7 Å². The summed E-state index contributed by atoms with van der Waals surface area (Å²) in [6.07, 6.45) is -1.02. The van der Waals surface area contributed by atoms with E-state index in [1.165, 1.54) is 6.92 Å². The van der Waals surface area contributed by atoms with Crippen molar-refractivity contribution in [2.75, 3.05) is 12.4 Å². The molecule has 0 amide bonds. The van der Waals surface area contributed by atoms with Crippen LogP contribution in [0.4, 0.5) is 0 Å². The Labute approximate surface area is 117 Å². The minimum Gasteiger partial charge on any atom is -0.494 e. The number of hydrogen-bond donors (Lipinski definition) is 2. The number of carbonyl (C=O) groups is 1. The summed E-state index contributed by atoms with van der Waals surface area (Å²) in [6.45, 7) is 4.12. The van der Waals surface area contributed by atoms with Gasteiger partial charge in [-0.05, 0) is 24.1 Å². The highest BCUT2D eigenvalue weighted by Gasteiger charge is 2.19. The van der Waals surface area contributed by atoms with Gasteiger partial charge in [0.25, 0.3) is 0 Å². The number of aliphatic hydroxyl groups is 2. The molecule has 2 unspecified atom stereocenters. The number of rotatable bonds is 7. The molecular formula is C14H20O4S. The molecule has 0 heterocycles. The highest BCUT2D eigenvalue weighted by Crippen LogP contribution is 2.22. The molecule has 0 aliphatic heterocycles. The monoisotopic (exact) mass is 284 g/mol. The minimum absolute atomic E-state index is 0.0745. The maximum Gasteiger partial charge on any atom is 0.185 e. The van der Waals surface area contributed by atoms with Crippen LogP contribution in [0.25, 0.3) is 0 Å². The third kappa shape index (κ3) is 5.63. The number of hydrogen-bond acceptors (Lipinski definition) is 5. The van der Waals surface area contributed by atoms with Gasteiger partial charge in [-0.1, -0.05) is 30.8 Å². The SMILES string of the molecule is CCCOc1ccc(C(O)C(O)CSC(C)=O)cc1. The molecule has 2 atom stereocenters. The molecule has 2 N–H and O–H groups in total. The van der Waals surface area contributed by atoms with Crippen LogP contribution in [0.1, 0.15) is 31.9 Å². The Kier molecular flexibility index (Phi) is 6.91. The summed E-state index contributed by atoms with van der Waals surface area (Å²) in [5, 5.41) is 19.7. The van der Waals surface area contributed by atoms with Crippen LogP contribution in [-0.2, 0) is 4.79 Å². The Hall–Kier alpha value is -1.04. The molecule has 5 heteroatoms. The van der Waals surface area contributed by atoms with Crippen LogP contribution in [0, 0.1) is 0 Å². The average Bonchev–Trinajstić information content (AvgIpc) is 2.42. The predicted molar refractivity (Wildman–Crippen MR) is 76.3 cm³/mol. The second-order valence-electron chi connectivity index (χ2n) is 4.23. The maximum atomic E-state index is 10.8. The Morgan fingerprint density at radius 3 is 2.47 bits per heavy atom. The number of thioether (sulfide) groups is 1. The van der Waals surface area contributed by atoms with Crippen LogP contribution in [0.15, 0.2) is 24.3 Å². The molecule has 1 rings (SSSR count). The predicted octanol–water partition coefficient (Wildman–Crippen LogP) is 2.15. The zero-order valence-corrected chi connectivity index (χ0v) is 12.0. The van der Waals surface area contributed by atoms with E-state index in [9.17, 15) is 15.0 Å². The van der Waals surface area contributed by atoms with Crippen molar-refractivity contribution in [1.29, 1.82) is 0 Å². The fraction of sp³-hybridized carbons (Fsp3) is 0.500. The summed E-state index contributed by atoms with van der Waals surface area (Å²) < 4.78 is 5.44. The van der Waals surface area contributed by atoms with E-state index in [2.05, 4.69) is 0 Å². The van der Waals surface area contributed by atoms with Crippen LogP contribution in [0.2, 0.25) is 0 Å². The van der Waals surface area contributed by atoms with Crippen LogP contribution in [-0.4, -0.2) is 33.8 Å². The number of ether oxygens (including phenoxy) is 1. The zero-order valence-electron chi connectivity index (χ0n) is 11.2. The van der Waals surface area contributed by atoms with E-state index in [4.69, 9.17) is 4.74 Å². The summed E-state index contributed by atoms with van der Waals surface area (Å²) in [5.41, 5.74) is 0.612. The van der Waals surface area contributed by atoms with Crippen LogP contribution in [0.5, 0.6) is 5.75 Å².